The molecule has 0 spiro atoms. The summed E-state index contributed by atoms with van der Waals surface area (Å²) in [5.41, 5.74) is 5.61. The summed E-state index contributed by atoms with van der Waals surface area (Å²) in [5, 5.41) is 3.15. The van der Waals surface area contributed by atoms with Gasteiger partial charge in [0.05, 0.1) is 26.2 Å². The van der Waals surface area contributed by atoms with E-state index < -0.39 is 0 Å². The Kier molecular flexibility index (Phi) is 6.05. The molecule has 1 saturated heterocycles. The summed E-state index contributed by atoms with van der Waals surface area (Å²) in [7, 11) is 3.34. The first-order valence-electron chi connectivity index (χ1n) is 11.8. The molecule has 0 bridgehead atoms. The van der Waals surface area contributed by atoms with Crippen LogP contribution in [0.25, 0.3) is 0 Å². The molecule has 1 amide bonds. The van der Waals surface area contributed by atoms with E-state index in [1.165, 1.54) is 22.5 Å². The number of hydrogen-bond donors (Lipinski definition) is 1. The third kappa shape index (κ3) is 4.28. The molecule has 34 heavy (non-hydrogen) atoms. The number of ether oxygens (including phenoxy) is 2. The maximum atomic E-state index is 13.6. The van der Waals surface area contributed by atoms with Crippen LogP contribution in [-0.2, 0) is 11.2 Å². The van der Waals surface area contributed by atoms with Crippen molar-refractivity contribution in [3.63, 3.8) is 0 Å². The Morgan fingerprint density at radius 2 is 1.62 bits per heavy atom. The highest BCUT2D eigenvalue weighted by atomic mass is 16.5. The van der Waals surface area contributed by atoms with Crippen LogP contribution in [0.4, 0.5) is 17.1 Å². The van der Waals surface area contributed by atoms with Crippen molar-refractivity contribution in [2.45, 2.75) is 19.4 Å². The quantitative estimate of drug-likeness (QED) is 0.611. The molecule has 6 heteroatoms. The van der Waals surface area contributed by atoms with Gasteiger partial charge in [-0.15, -0.1) is 0 Å². The van der Waals surface area contributed by atoms with Crippen LogP contribution in [0.5, 0.6) is 11.5 Å². The Hall–Kier alpha value is -3.67. The van der Waals surface area contributed by atoms with Gasteiger partial charge in [-0.3, -0.25) is 4.79 Å². The van der Waals surface area contributed by atoms with Crippen molar-refractivity contribution >= 4 is 23.0 Å². The summed E-state index contributed by atoms with van der Waals surface area (Å²) in [6, 6.07) is 22.4. The fraction of sp³-hybridized carbons (Fsp3) is 0.321. The molecule has 2 aliphatic rings. The van der Waals surface area contributed by atoms with E-state index in [9.17, 15) is 4.79 Å². The van der Waals surface area contributed by atoms with Gasteiger partial charge in [0.1, 0.15) is 11.5 Å². The zero-order chi connectivity index (χ0) is 23.7. The van der Waals surface area contributed by atoms with Gasteiger partial charge < -0.3 is 24.6 Å². The number of nitrogens with one attached hydrogen (secondary N) is 1. The monoisotopic (exact) mass is 457 g/mol. The first-order valence-corrected chi connectivity index (χ1v) is 11.8. The van der Waals surface area contributed by atoms with Gasteiger partial charge >= 0.3 is 0 Å². The lowest BCUT2D eigenvalue weighted by atomic mass is 9.83. The van der Waals surface area contributed by atoms with E-state index in [1.54, 1.807) is 14.2 Å². The van der Waals surface area contributed by atoms with Gasteiger partial charge in [-0.1, -0.05) is 23.8 Å². The second-order valence-electron chi connectivity index (χ2n) is 9.07. The lowest BCUT2D eigenvalue weighted by Gasteiger charge is -2.49. The molecule has 0 saturated carbocycles. The van der Waals surface area contributed by atoms with Crippen LogP contribution in [0.1, 0.15) is 11.1 Å². The highest BCUT2D eigenvalue weighted by Crippen LogP contribution is 2.39. The minimum absolute atomic E-state index is 0.0485. The summed E-state index contributed by atoms with van der Waals surface area (Å²) >= 11 is 0. The number of fused-ring (bicyclic) bond motifs is 3. The minimum atomic E-state index is -0.170. The maximum Gasteiger partial charge on any atom is 0.229 e. The third-order valence-corrected chi connectivity index (χ3v) is 7.02. The molecule has 1 N–H and O–H groups in total. The summed E-state index contributed by atoms with van der Waals surface area (Å²) in [4.78, 5) is 18.4. The molecule has 0 aromatic heterocycles. The normalized spacial score (nSPS) is 19.1. The molecule has 1 fully saturated rings. The van der Waals surface area contributed by atoms with Crippen LogP contribution in [0.15, 0.2) is 66.7 Å². The highest BCUT2D eigenvalue weighted by molar-refractivity contribution is 5.94. The second kappa shape index (κ2) is 9.29. The first kappa shape index (κ1) is 22.1. The van der Waals surface area contributed by atoms with Crippen molar-refractivity contribution in [3.05, 3.63) is 77.9 Å². The minimum Gasteiger partial charge on any atom is -0.497 e. The molecule has 2 aliphatic heterocycles. The number of rotatable bonds is 5. The number of aryl methyl sites for hydroxylation is 1. The summed E-state index contributed by atoms with van der Waals surface area (Å²) < 4.78 is 10.8. The molecule has 176 valence electrons. The van der Waals surface area contributed by atoms with Gasteiger partial charge in [-0.2, -0.15) is 0 Å². The molecule has 0 radical (unpaired) electrons. The maximum absolute atomic E-state index is 13.6. The third-order valence-electron chi connectivity index (χ3n) is 7.02. The van der Waals surface area contributed by atoms with Gasteiger partial charge in [0.2, 0.25) is 5.91 Å². The van der Waals surface area contributed by atoms with Crippen molar-refractivity contribution < 1.29 is 14.3 Å². The Labute approximate surface area is 201 Å². The van der Waals surface area contributed by atoms with Crippen LogP contribution in [0, 0.1) is 12.8 Å². The van der Waals surface area contributed by atoms with E-state index in [0.29, 0.717) is 6.42 Å². The lowest BCUT2D eigenvalue weighted by molar-refractivity contribution is -0.120. The topological polar surface area (TPSA) is 54.0 Å². The molecule has 2 atom stereocenters. The van der Waals surface area contributed by atoms with Crippen molar-refractivity contribution in [2.75, 3.05) is 49.0 Å². The van der Waals surface area contributed by atoms with Crippen LogP contribution >= 0.6 is 0 Å². The number of amides is 1. The van der Waals surface area contributed by atoms with Crippen LogP contribution in [0.2, 0.25) is 0 Å². The van der Waals surface area contributed by atoms with Crippen LogP contribution < -0.4 is 24.6 Å². The van der Waals surface area contributed by atoms with E-state index in [2.05, 4.69) is 58.4 Å². The highest BCUT2D eigenvalue weighted by Gasteiger charge is 2.41. The van der Waals surface area contributed by atoms with Gasteiger partial charge in [0.15, 0.2) is 0 Å². The fourth-order valence-corrected chi connectivity index (χ4v) is 5.10. The van der Waals surface area contributed by atoms with Gasteiger partial charge in [-0.25, -0.2) is 0 Å². The molecule has 3 aromatic rings. The Morgan fingerprint density at radius 3 is 2.32 bits per heavy atom. The molecule has 0 aliphatic carbocycles. The SMILES string of the molecule is COc1ccc(NC(=O)[C@H]2Cc3ccc(OC)cc3N3CCN(c4ccc(C)cc4)C[C@@H]23)cc1. The molecule has 2 heterocycles. The lowest BCUT2D eigenvalue weighted by Crippen LogP contribution is -2.60. The number of methoxy groups -OCH3 is 2. The van der Waals surface area contributed by atoms with Crippen LogP contribution in [-0.4, -0.2) is 45.8 Å². The molecule has 6 nitrogen and oxygen atoms in total. The van der Waals surface area contributed by atoms with Gasteiger partial charge in [-0.05, 0) is 61.4 Å². The van der Waals surface area contributed by atoms with Crippen molar-refractivity contribution in [3.8, 4) is 11.5 Å². The Morgan fingerprint density at radius 1 is 0.912 bits per heavy atom. The van der Waals surface area contributed by atoms with E-state index in [1.807, 2.05) is 30.3 Å². The van der Waals surface area contributed by atoms with E-state index in [-0.39, 0.29) is 17.9 Å². The zero-order valence-electron chi connectivity index (χ0n) is 20.0. The number of hydrogen-bond acceptors (Lipinski definition) is 5. The molecular weight excluding hydrogens is 426 g/mol. The number of piperazine rings is 1. The number of carbonyl (C=O) groups excluding carboxylic acids is 1. The number of anilines is 3. The smallest absolute Gasteiger partial charge is 0.229 e. The Balaban J connectivity index is 1.44. The van der Waals surface area contributed by atoms with Crippen molar-refractivity contribution in [1.82, 2.24) is 0 Å². The van der Waals surface area contributed by atoms with Gasteiger partial charge in [0, 0.05) is 42.8 Å². The Bertz CT molecular complexity index is 1160. The first-order chi connectivity index (χ1) is 16.6. The van der Waals surface area contributed by atoms with E-state index in [0.717, 1.165) is 36.8 Å². The van der Waals surface area contributed by atoms with E-state index in [4.69, 9.17) is 9.47 Å². The largest absolute Gasteiger partial charge is 0.497 e. The molecule has 5 rings (SSSR count). The average molecular weight is 458 g/mol. The van der Waals surface area contributed by atoms with Crippen molar-refractivity contribution in [1.29, 1.82) is 0 Å². The van der Waals surface area contributed by atoms with Crippen molar-refractivity contribution in [2.24, 2.45) is 5.92 Å². The summed E-state index contributed by atoms with van der Waals surface area (Å²) in [6.45, 7) is 4.65. The van der Waals surface area contributed by atoms with E-state index >= 15 is 0 Å². The standard InChI is InChI=1S/C28H31N3O3/c1-19-4-9-22(10-5-19)30-14-15-31-26-17-24(34-3)11-6-20(26)16-25(27(31)18-30)28(32)29-21-7-12-23(33-2)13-8-21/h4-13,17,25,27H,14-16,18H2,1-3H3,(H,29,32)/t25-,27-/m0/s1. The summed E-state index contributed by atoms with van der Waals surface area (Å²) in [5.74, 6) is 1.49. The number of carbonyl (C=O) groups is 1. The zero-order valence-corrected chi connectivity index (χ0v) is 20.0. The summed E-state index contributed by atoms with van der Waals surface area (Å²) in [6.07, 6.45) is 0.699. The predicted octanol–water partition coefficient (Wildman–Crippen LogP) is 4.52. The second-order valence-corrected chi connectivity index (χ2v) is 9.07. The molecule has 3 aromatic carbocycles. The average Bonchev–Trinajstić information content (AvgIpc) is 2.88. The van der Waals surface area contributed by atoms with Gasteiger partial charge in [0.25, 0.3) is 0 Å². The predicted molar refractivity (Wildman–Crippen MR) is 136 cm³/mol. The number of nitrogens with zero attached hydrogens (tertiary/aromatic N) is 2. The molecule has 0 unspecified atom stereocenters. The fourth-order valence-electron chi connectivity index (χ4n) is 5.10. The molecular formula is C28H31N3O3. The van der Waals surface area contributed by atoms with Crippen LogP contribution in [0.3, 0.4) is 0 Å². The number of benzene rings is 3.